The van der Waals surface area contributed by atoms with Gasteiger partial charge in [-0.05, 0) is 78.9 Å². The maximum atomic E-state index is 2.59. The summed E-state index contributed by atoms with van der Waals surface area (Å²) in [5, 5.41) is 0. The summed E-state index contributed by atoms with van der Waals surface area (Å²) in [6.07, 6.45) is 22.8. The summed E-state index contributed by atoms with van der Waals surface area (Å²) < 4.78 is 0. The molecule has 5 atom stereocenters. The first-order valence-corrected chi connectivity index (χ1v) is 14.0. The van der Waals surface area contributed by atoms with Crippen molar-refractivity contribution in [1.29, 1.82) is 0 Å². The van der Waals surface area contributed by atoms with Gasteiger partial charge in [0.1, 0.15) is 0 Å². The van der Waals surface area contributed by atoms with Gasteiger partial charge in [-0.15, -0.1) is 0 Å². The Kier molecular flexibility index (Phi) is 9.44. The topological polar surface area (TPSA) is 0 Å². The first-order chi connectivity index (χ1) is 14.0. The average molecular weight is 403 g/mol. The van der Waals surface area contributed by atoms with E-state index in [4.69, 9.17) is 0 Å². The van der Waals surface area contributed by atoms with Crippen molar-refractivity contribution in [2.45, 2.75) is 131 Å². The Bertz CT molecular complexity index is 437. The van der Waals surface area contributed by atoms with E-state index in [1.807, 2.05) is 0 Å². The minimum Gasteiger partial charge on any atom is -0.0654 e. The van der Waals surface area contributed by atoms with Gasteiger partial charge in [0.2, 0.25) is 0 Å². The fourth-order valence-electron chi connectivity index (χ4n) is 8.20. The van der Waals surface area contributed by atoms with Crippen LogP contribution in [0.2, 0.25) is 0 Å². The Morgan fingerprint density at radius 1 is 0.724 bits per heavy atom. The molecule has 0 amide bonds. The molecule has 0 aromatic heterocycles. The largest absolute Gasteiger partial charge is 0.0654 e. The monoisotopic (exact) mass is 402 g/mol. The van der Waals surface area contributed by atoms with E-state index in [0.29, 0.717) is 0 Å². The van der Waals surface area contributed by atoms with Crippen LogP contribution in [-0.4, -0.2) is 0 Å². The van der Waals surface area contributed by atoms with E-state index in [1.54, 1.807) is 38.5 Å². The highest BCUT2D eigenvalue weighted by molar-refractivity contribution is 4.96. The van der Waals surface area contributed by atoms with Crippen molar-refractivity contribution in [1.82, 2.24) is 0 Å². The van der Waals surface area contributed by atoms with Crippen LogP contribution in [0.25, 0.3) is 0 Å². The van der Waals surface area contributed by atoms with Crippen molar-refractivity contribution in [2.75, 3.05) is 0 Å². The maximum absolute atomic E-state index is 2.59. The molecule has 0 N–H and O–H groups in total. The highest BCUT2D eigenvalue weighted by Gasteiger charge is 2.47. The Hall–Kier alpha value is 0. The molecule has 0 heteroatoms. The third kappa shape index (κ3) is 6.26. The second-order valence-electron chi connectivity index (χ2n) is 12.3. The summed E-state index contributed by atoms with van der Waals surface area (Å²) in [6, 6.07) is 0. The molecule has 29 heavy (non-hydrogen) atoms. The maximum Gasteiger partial charge on any atom is -0.0324 e. The molecule has 0 radical (unpaired) electrons. The molecule has 0 aliphatic heterocycles. The molecular formula is C29H54. The van der Waals surface area contributed by atoms with E-state index in [2.05, 4.69) is 34.6 Å². The molecule has 0 heterocycles. The molecule has 0 aromatic rings. The first-order valence-electron chi connectivity index (χ1n) is 14.0. The molecule has 4 saturated carbocycles. The van der Waals surface area contributed by atoms with Gasteiger partial charge in [0.25, 0.3) is 0 Å². The van der Waals surface area contributed by atoms with Crippen molar-refractivity contribution in [3.05, 3.63) is 0 Å². The molecule has 4 rings (SSSR count). The molecule has 5 unspecified atom stereocenters. The second-order valence-corrected chi connectivity index (χ2v) is 12.3. The van der Waals surface area contributed by atoms with Crippen LogP contribution in [0.3, 0.4) is 0 Å². The van der Waals surface area contributed by atoms with E-state index in [-0.39, 0.29) is 0 Å². The molecule has 4 fully saturated rings. The minimum absolute atomic E-state index is 0.924. The van der Waals surface area contributed by atoms with Crippen molar-refractivity contribution in [3.8, 4) is 0 Å². The number of hydrogen-bond acceptors (Lipinski definition) is 0. The summed E-state index contributed by atoms with van der Waals surface area (Å²) in [7, 11) is 0. The van der Waals surface area contributed by atoms with Gasteiger partial charge in [-0.3, -0.25) is 0 Å². The highest BCUT2D eigenvalue weighted by atomic mass is 14.5. The van der Waals surface area contributed by atoms with Crippen LogP contribution in [0, 0.1) is 53.3 Å². The zero-order chi connectivity index (χ0) is 20.8. The van der Waals surface area contributed by atoms with Gasteiger partial charge in [-0.1, -0.05) is 105 Å². The first kappa shape index (κ1) is 23.7. The van der Waals surface area contributed by atoms with Crippen LogP contribution >= 0.6 is 0 Å². The van der Waals surface area contributed by atoms with Crippen LogP contribution < -0.4 is 0 Å². The lowest BCUT2D eigenvalue weighted by atomic mass is 9.56. The second kappa shape index (κ2) is 11.6. The highest BCUT2D eigenvalue weighted by Crippen LogP contribution is 2.55. The molecule has 0 aromatic carbocycles. The van der Waals surface area contributed by atoms with Gasteiger partial charge < -0.3 is 0 Å². The normalized spacial score (nSPS) is 41.0. The van der Waals surface area contributed by atoms with Gasteiger partial charge in [-0.25, -0.2) is 0 Å². The van der Waals surface area contributed by atoms with Gasteiger partial charge >= 0.3 is 0 Å². The molecule has 4 aliphatic carbocycles. The summed E-state index contributed by atoms with van der Waals surface area (Å²) in [5.41, 5.74) is 0. The summed E-state index contributed by atoms with van der Waals surface area (Å²) >= 11 is 0. The van der Waals surface area contributed by atoms with Crippen LogP contribution in [0.5, 0.6) is 0 Å². The van der Waals surface area contributed by atoms with Crippen molar-refractivity contribution >= 4 is 0 Å². The third-order valence-electron chi connectivity index (χ3n) is 9.93. The van der Waals surface area contributed by atoms with Crippen molar-refractivity contribution in [3.63, 3.8) is 0 Å². The van der Waals surface area contributed by atoms with Crippen LogP contribution in [0.15, 0.2) is 0 Å². The zero-order valence-corrected chi connectivity index (χ0v) is 20.8. The summed E-state index contributed by atoms with van der Waals surface area (Å²) in [5.74, 6) is 9.55. The molecule has 0 saturated heterocycles. The number of rotatable bonds is 4. The van der Waals surface area contributed by atoms with E-state index < -0.39 is 0 Å². The Morgan fingerprint density at radius 3 is 2.00 bits per heavy atom. The van der Waals surface area contributed by atoms with Gasteiger partial charge in [0.15, 0.2) is 0 Å². The predicted octanol–water partition coefficient (Wildman–Crippen LogP) is 9.52. The van der Waals surface area contributed by atoms with E-state index in [1.165, 1.54) is 57.8 Å². The van der Waals surface area contributed by atoms with E-state index in [9.17, 15) is 0 Å². The average Bonchev–Trinajstić information content (AvgIpc) is 3.18. The van der Waals surface area contributed by atoms with Crippen LogP contribution in [0.4, 0.5) is 0 Å². The zero-order valence-electron chi connectivity index (χ0n) is 20.8. The van der Waals surface area contributed by atoms with Crippen LogP contribution in [0.1, 0.15) is 131 Å². The molecule has 4 aliphatic rings. The molecule has 0 nitrogen and oxygen atoms in total. The van der Waals surface area contributed by atoms with Gasteiger partial charge in [0.05, 0.1) is 0 Å². The Labute approximate surface area is 184 Å². The Morgan fingerprint density at radius 2 is 1.38 bits per heavy atom. The van der Waals surface area contributed by atoms with Crippen molar-refractivity contribution in [2.24, 2.45) is 53.3 Å². The number of fused-ring (bicyclic) bond motifs is 1. The molecule has 170 valence electrons. The number of hydrogen-bond donors (Lipinski definition) is 0. The molecule has 0 spiro atoms. The lowest BCUT2D eigenvalue weighted by Gasteiger charge is -2.49. The Balaban J connectivity index is 0.000000204. The van der Waals surface area contributed by atoms with E-state index >= 15 is 0 Å². The lowest BCUT2D eigenvalue weighted by Crippen LogP contribution is -2.41. The lowest BCUT2D eigenvalue weighted by molar-refractivity contribution is 0.00320. The smallest absolute Gasteiger partial charge is 0.0324 e. The van der Waals surface area contributed by atoms with E-state index in [0.717, 1.165) is 53.3 Å². The minimum atomic E-state index is 0.924. The summed E-state index contributed by atoms with van der Waals surface area (Å²) in [6.45, 7) is 12.1. The predicted molar refractivity (Wildman–Crippen MR) is 129 cm³/mol. The molecule has 0 bridgehead atoms. The third-order valence-corrected chi connectivity index (χ3v) is 9.93. The van der Waals surface area contributed by atoms with Crippen molar-refractivity contribution < 1.29 is 0 Å². The van der Waals surface area contributed by atoms with Gasteiger partial charge in [0, 0.05) is 0 Å². The quantitative estimate of drug-likeness (QED) is 0.439. The molecular weight excluding hydrogens is 348 g/mol. The summed E-state index contributed by atoms with van der Waals surface area (Å²) in [4.78, 5) is 0. The van der Waals surface area contributed by atoms with Gasteiger partial charge in [-0.2, -0.15) is 0 Å². The van der Waals surface area contributed by atoms with Crippen LogP contribution in [-0.2, 0) is 0 Å². The SMILES string of the molecule is CC1CCC(C(C)C)CC1.CCCC1C(C)CC2CCCC2C1C1CCCCC1. The standard InChI is InChI=1S/C19H34.C10H20/c1-3-8-17-14(2)13-16-11-7-12-18(16)19(17)15-9-5-4-6-10-15;1-8(2)10-6-4-9(3)5-7-10/h14-19H,3-13H2,1-2H3;8-10H,4-7H2,1-3H3. The fraction of sp³-hybridized carbons (Fsp3) is 1.00. The fourth-order valence-corrected chi connectivity index (χ4v) is 8.20.